The lowest BCUT2D eigenvalue weighted by Crippen LogP contribution is -2.43. The highest BCUT2D eigenvalue weighted by Gasteiger charge is 2.20. The number of para-hydroxylation sites is 1. The molecule has 0 spiro atoms. The Bertz CT molecular complexity index is 579. The van der Waals surface area contributed by atoms with E-state index in [1.807, 2.05) is 18.2 Å². The van der Waals surface area contributed by atoms with Crippen LogP contribution in [0.15, 0.2) is 23.2 Å². The first-order chi connectivity index (χ1) is 12.4. The summed E-state index contributed by atoms with van der Waals surface area (Å²) in [6.45, 7) is 7.59. The van der Waals surface area contributed by atoms with Crippen LogP contribution in [0.5, 0.6) is 17.2 Å². The highest BCUT2D eigenvalue weighted by Crippen LogP contribution is 2.39. The number of fused-ring (bicyclic) bond motifs is 1. The van der Waals surface area contributed by atoms with Crippen molar-refractivity contribution >= 4 is 5.96 Å². The van der Waals surface area contributed by atoms with Crippen LogP contribution in [-0.2, 0) is 0 Å². The Morgan fingerprint density at radius 2 is 2.24 bits per heavy atom. The number of guanidine groups is 1. The van der Waals surface area contributed by atoms with E-state index >= 15 is 0 Å². The largest absolute Gasteiger partial charge is 0.486 e. The van der Waals surface area contributed by atoms with Crippen LogP contribution in [0.25, 0.3) is 0 Å². The van der Waals surface area contributed by atoms with E-state index in [0.717, 1.165) is 63.0 Å². The van der Waals surface area contributed by atoms with Crippen molar-refractivity contribution in [1.29, 1.82) is 0 Å². The monoisotopic (exact) mass is 348 g/mol. The fraction of sp³-hybridized carbons (Fsp3) is 0.611. The maximum Gasteiger partial charge on any atom is 0.203 e. The van der Waals surface area contributed by atoms with E-state index in [9.17, 15) is 0 Å². The molecule has 1 aromatic rings. The zero-order valence-electron chi connectivity index (χ0n) is 14.8. The van der Waals surface area contributed by atoms with Crippen molar-refractivity contribution in [3.05, 3.63) is 18.2 Å². The van der Waals surface area contributed by atoms with Gasteiger partial charge in [-0.05, 0) is 25.1 Å². The van der Waals surface area contributed by atoms with Crippen LogP contribution in [0.2, 0.25) is 0 Å². The van der Waals surface area contributed by atoms with Gasteiger partial charge >= 0.3 is 0 Å². The average molecular weight is 348 g/mol. The summed E-state index contributed by atoms with van der Waals surface area (Å²) in [4.78, 5) is 4.43. The van der Waals surface area contributed by atoms with Gasteiger partial charge < -0.3 is 30.2 Å². The van der Waals surface area contributed by atoms with E-state index < -0.39 is 0 Å². The van der Waals surface area contributed by atoms with Crippen molar-refractivity contribution in [2.45, 2.75) is 25.9 Å². The zero-order valence-corrected chi connectivity index (χ0v) is 14.8. The second-order valence-corrected chi connectivity index (χ2v) is 6.05. The molecule has 0 aromatic heterocycles. The number of benzene rings is 1. The molecule has 0 saturated carbocycles. The van der Waals surface area contributed by atoms with Gasteiger partial charge in [-0.25, -0.2) is 0 Å². The summed E-state index contributed by atoms with van der Waals surface area (Å²) in [5.74, 6) is 3.10. The number of nitrogens with one attached hydrogen (secondary N) is 3. The summed E-state index contributed by atoms with van der Waals surface area (Å²) in [6.07, 6.45) is 1.99. The molecule has 138 valence electrons. The Balaban J connectivity index is 1.57. The van der Waals surface area contributed by atoms with Crippen molar-refractivity contribution in [3.8, 4) is 17.2 Å². The number of hydrogen-bond donors (Lipinski definition) is 3. The Labute approximate surface area is 149 Å². The molecule has 0 saturated heterocycles. The van der Waals surface area contributed by atoms with Crippen LogP contribution in [0, 0.1) is 0 Å². The average Bonchev–Trinajstić information content (AvgIpc) is 2.67. The molecule has 2 aliphatic rings. The Hall–Kier alpha value is -2.15. The highest BCUT2D eigenvalue weighted by molar-refractivity contribution is 5.80. The SMILES string of the molecule is CCNCC(CCNC1=NCCCN1)Oc1cccc2c1OCCO2. The van der Waals surface area contributed by atoms with Crippen molar-refractivity contribution < 1.29 is 14.2 Å². The molecule has 3 rings (SSSR count). The molecule has 2 aliphatic heterocycles. The van der Waals surface area contributed by atoms with Crippen LogP contribution in [-0.4, -0.2) is 58.0 Å². The molecule has 1 unspecified atom stereocenters. The summed E-state index contributed by atoms with van der Waals surface area (Å²) < 4.78 is 17.6. The topological polar surface area (TPSA) is 76.1 Å². The molecule has 0 radical (unpaired) electrons. The lowest BCUT2D eigenvalue weighted by Gasteiger charge is -2.25. The molecule has 25 heavy (non-hydrogen) atoms. The first-order valence-corrected chi connectivity index (χ1v) is 9.15. The summed E-state index contributed by atoms with van der Waals surface area (Å²) >= 11 is 0. The minimum Gasteiger partial charge on any atom is -0.486 e. The van der Waals surface area contributed by atoms with Gasteiger partial charge in [0, 0.05) is 32.6 Å². The molecule has 0 aliphatic carbocycles. The summed E-state index contributed by atoms with van der Waals surface area (Å²) in [5, 5.41) is 9.99. The van der Waals surface area contributed by atoms with Gasteiger partial charge in [0.2, 0.25) is 5.75 Å². The molecular formula is C18H28N4O3. The second-order valence-electron chi connectivity index (χ2n) is 6.05. The van der Waals surface area contributed by atoms with E-state index in [4.69, 9.17) is 14.2 Å². The maximum absolute atomic E-state index is 6.24. The van der Waals surface area contributed by atoms with Gasteiger partial charge in [0.25, 0.3) is 0 Å². The van der Waals surface area contributed by atoms with E-state index in [0.29, 0.717) is 19.0 Å². The smallest absolute Gasteiger partial charge is 0.203 e. The van der Waals surface area contributed by atoms with Gasteiger partial charge in [0.1, 0.15) is 19.3 Å². The van der Waals surface area contributed by atoms with Gasteiger partial charge in [0.15, 0.2) is 17.5 Å². The van der Waals surface area contributed by atoms with Crippen LogP contribution >= 0.6 is 0 Å². The molecular weight excluding hydrogens is 320 g/mol. The van der Waals surface area contributed by atoms with Crippen molar-refractivity contribution in [2.24, 2.45) is 4.99 Å². The molecule has 3 N–H and O–H groups in total. The lowest BCUT2D eigenvalue weighted by molar-refractivity contribution is 0.144. The second kappa shape index (κ2) is 9.36. The minimum atomic E-state index is 0.0358. The predicted molar refractivity (Wildman–Crippen MR) is 97.9 cm³/mol. The zero-order chi connectivity index (χ0) is 17.3. The Morgan fingerprint density at radius 1 is 1.32 bits per heavy atom. The minimum absolute atomic E-state index is 0.0358. The first-order valence-electron chi connectivity index (χ1n) is 9.15. The number of hydrogen-bond acceptors (Lipinski definition) is 7. The number of nitrogens with zero attached hydrogens (tertiary/aromatic N) is 1. The highest BCUT2D eigenvalue weighted by atomic mass is 16.6. The van der Waals surface area contributed by atoms with Crippen molar-refractivity contribution in [1.82, 2.24) is 16.0 Å². The molecule has 2 heterocycles. The quantitative estimate of drug-likeness (QED) is 0.654. The third-order valence-electron chi connectivity index (χ3n) is 4.10. The summed E-state index contributed by atoms with van der Waals surface area (Å²) in [6, 6.07) is 5.79. The maximum atomic E-state index is 6.24. The van der Waals surface area contributed by atoms with Crippen LogP contribution in [0.3, 0.4) is 0 Å². The van der Waals surface area contributed by atoms with Gasteiger partial charge in [-0.3, -0.25) is 4.99 Å². The molecule has 1 aromatic carbocycles. The number of likely N-dealkylation sites (N-methyl/N-ethyl adjacent to an activating group) is 1. The molecule has 0 fully saturated rings. The van der Waals surface area contributed by atoms with Crippen LogP contribution in [0.4, 0.5) is 0 Å². The Morgan fingerprint density at radius 3 is 3.08 bits per heavy atom. The van der Waals surface area contributed by atoms with E-state index in [1.165, 1.54) is 0 Å². The van der Waals surface area contributed by atoms with E-state index in [1.54, 1.807) is 0 Å². The first kappa shape index (κ1) is 17.7. The van der Waals surface area contributed by atoms with Crippen LogP contribution in [0.1, 0.15) is 19.8 Å². The molecule has 7 nitrogen and oxygen atoms in total. The van der Waals surface area contributed by atoms with Crippen molar-refractivity contribution in [2.75, 3.05) is 45.9 Å². The fourth-order valence-corrected chi connectivity index (χ4v) is 2.83. The van der Waals surface area contributed by atoms with Gasteiger partial charge in [-0.2, -0.15) is 0 Å². The van der Waals surface area contributed by atoms with Gasteiger partial charge in [-0.1, -0.05) is 13.0 Å². The van der Waals surface area contributed by atoms with Crippen molar-refractivity contribution in [3.63, 3.8) is 0 Å². The third-order valence-corrected chi connectivity index (χ3v) is 4.10. The van der Waals surface area contributed by atoms with Crippen LogP contribution < -0.4 is 30.2 Å². The summed E-state index contributed by atoms with van der Waals surface area (Å²) in [5.41, 5.74) is 0. The predicted octanol–water partition coefficient (Wildman–Crippen LogP) is 1.14. The molecule has 0 bridgehead atoms. The normalized spacial score (nSPS) is 17.2. The fourth-order valence-electron chi connectivity index (χ4n) is 2.83. The molecule has 1 atom stereocenters. The standard InChI is InChI=1S/C18H28N4O3/c1-2-19-13-14(7-10-22-18-20-8-4-9-21-18)25-16-6-3-5-15-17(16)24-12-11-23-15/h3,5-6,14,19H,2,4,7-13H2,1H3,(H2,20,21,22). The lowest BCUT2D eigenvalue weighted by atomic mass is 10.2. The van der Waals surface area contributed by atoms with E-state index in [-0.39, 0.29) is 6.10 Å². The van der Waals surface area contributed by atoms with Gasteiger partial charge in [0.05, 0.1) is 0 Å². The summed E-state index contributed by atoms with van der Waals surface area (Å²) in [7, 11) is 0. The van der Waals surface area contributed by atoms with Gasteiger partial charge in [-0.15, -0.1) is 0 Å². The number of aliphatic imine (C=N–C) groups is 1. The third kappa shape index (κ3) is 5.16. The molecule has 7 heteroatoms. The van der Waals surface area contributed by atoms with E-state index in [2.05, 4.69) is 27.9 Å². The molecule has 0 amide bonds. The number of rotatable bonds is 8. The number of ether oxygens (including phenoxy) is 3. The Kier molecular flexibility index (Phi) is 6.62.